The minimum Gasteiger partial charge on any atom is -0.305 e. The van der Waals surface area contributed by atoms with Gasteiger partial charge in [0, 0.05) is 5.54 Å². The first-order chi connectivity index (χ1) is 8.94. The highest BCUT2D eigenvalue weighted by atomic mass is 15.3. The van der Waals surface area contributed by atoms with Gasteiger partial charge in [0.15, 0.2) is 0 Å². The molecule has 1 N–H and O–H groups in total. The number of aryl methyl sites for hydroxylation is 1. The highest BCUT2D eigenvalue weighted by Gasteiger charge is 2.11. The van der Waals surface area contributed by atoms with Gasteiger partial charge in [0.2, 0.25) is 0 Å². The maximum atomic E-state index is 4.32. The van der Waals surface area contributed by atoms with Crippen molar-refractivity contribution in [2.24, 2.45) is 0 Å². The summed E-state index contributed by atoms with van der Waals surface area (Å²) in [7, 11) is 0. The summed E-state index contributed by atoms with van der Waals surface area (Å²) in [6.45, 7) is 10.0. The first-order valence-electron chi connectivity index (χ1n) is 6.61. The van der Waals surface area contributed by atoms with Crippen LogP contribution in [0, 0.1) is 6.92 Å². The Morgan fingerprint density at radius 1 is 1.16 bits per heavy atom. The molecule has 19 heavy (non-hydrogen) atoms. The van der Waals surface area contributed by atoms with Crippen molar-refractivity contribution in [3.8, 4) is 0 Å². The predicted octanol–water partition coefficient (Wildman–Crippen LogP) is 2.52. The first-order valence-corrected chi connectivity index (χ1v) is 6.61. The Bertz CT molecular complexity index is 520. The molecular formula is C15H22N4. The number of rotatable bonds is 4. The summed E-state index contributed by atoms with van der Waals surface area (Å²) in [6, 6.07) is 8.52. The van der Waals surface area contributed by atoms with Crippen LogP contribution in [0.25, 0.3) is 0 Å². The van der Waals surface area contributed by atoms with Crippen molar-refractivity contribution in [2.75, 3.05) is 0 Å². The van der Waals surface area contributed by atoms with Crippen LogP contribution in [0.3, 0.4) is 0 Å². The standard InChI is InChI=1S/C15H22N4/c1-12-5-7-13(8-6-12)10-19-14(16-11-18-19)9-17-15(2,3)4/h5-8,11,17H,9-10H2,1-4H3. The fourth-order valence-corrected chi connectivity index (χ4v) is 1.77. The van der Waals surface area contributed by atoms with E-state index in [1.807, 2.05) is 4.68 Å². The summed E-state index contributed by atoms with van der Waals surface area (Å²) in [5.74, 6) is 0.968. The van der Waals surface area contributed by atoms with Gasteiger partial charge in [-0.15, -0.1) is 0 Å². The number of nitrogens with one attached hydrogen (secondary N) is 1. The largest absolute Gasteiger partial charge is 0.305 e. The highest BCUT2D eigenvalue weighted by molar-refractivity contribution is 5.21. The third-order valence-electron chi connectivity index (χ3n) is 2.93. The van der Waals surface area contributed by atoms with Crippen molar-refractivity contribution in [2.45, 2.75) is 46.3 Å². The van der Waals surface area contributed by atoms with Gasteiger partial charge in [-0.1, -0.05) is 29.8 Å². The zero-order chi connectivity index (χ0) is 13.9. The maximum Gasteiger partial charge on any atom is 0.141 e. The predicted molar refractivity (Wildman–Crippen MR) is 76.9 cm³/mol. The van der Waals surface area contributed by atoms with Gasteiger partial charge in [-0.2, -0.15) is 5.10 Å². The lowest BCUT2D eigenvalue weighted by atomic mass is 10.1. The third kappa shape index (κ3) is 4.17. The van der Waals surface area contributed by atoms with Crippen LogP contribution in [0.4, 0.5) is 0 Å². The summed E-state index contributed by atoms with van der Waals surface area (Å²) in [4.78, 5) is 4.32. The molecule has 0 aliphatic rings. The van der Waals surface area contributed by atoms with Crippen LogP contribution in [-0.2, 0) is 13.1 Å². The molecule has 1 aromatic heterocycles. The lowest BCUT2D eigenvalue weighted by molar-refractivity contribution is 0.410. The normalized spacial score (nSPS) is 11.8. The second-order valence-corrected chi connectivity index (χ2v) is 5.92. The highest BCUT2D eigenvalue weighted by Crippen LogP contribution is 2.07. The number of hydrogen-bond donors (Lipinski definition) is 1. The van der Waals surface area contributed by atoms with Gasteiger partial charge < -0.3 is 5.32 Å². The van der Waals surface area contributed by atoms with Crippen LogP contribution < -0.4 is 5.32 Å². The Hall–Kier alpha value is -1.68. The van der Waals surface area contributed by atoms with Gasteiger partial charge in [-0.25, -0.2) is 9.67 Å². The molecule has 0 saturated carbocycles. The fourth-order valence-electron chi connectivity index (χ4n) is 1.77. The molecule has 4 heteroatoms. The molecule has 0 aliphatic carbocycles. The molecular weight excluding hydrogens is 236 g/mol. The van der Waals surface area contributed by atoms with Crippen LogP contribution in [-0.4, -0.2) is 20.3 Å². The van der Waals surface area contributed by atoms with E-state index in [1.54, 1.807) is 6.33 Å². The summed E-state index contributed by atoms with van der Waals surface area (Å²) in [5, 5.41) is 7.74. The van der Waals surface area contributed by atoms with Crippen molar-refractivity contribution in [3.05, 3.63) is 47.5 Å². The van der Waals surface area contributed by atoms with Gasteiger partial charge in [0.05, 0.1) is 13.1 Å². The van der Waals surface area contributed by atoms with Crippen molar-refractivity contribution >= 4 is 0 Å². The summed E-state index contributed by atoms with van der Waals surface area (Å²) in [5.41, 5.74) is 2.60. The topological polar surface area (TPSA) is 42.7 Å². The van der Waals surface area contributed by atoms with E-state index in [2.05, 4.69) is 67.4 Å². The van der Waals surface area contributed by atoms with E-state index in [4.69, 9.17) is 0 Å². The van der Waals surface area contributed by atoms with Gasteiger partial charge in [-0.3, -0.25) is 0 Å². The molecule has 0 fully saturated rings. The van der Waals surface area contributed by atoms with Crippen molar-refractivity contribution < 1.29 is 0 Å². The van der Waals surface area contributed by atoms with Gasteiger partial charge in [0.1, 0.15) is 12.2 Å². The summed E-state index contributed by atoms with van der Waals surface area (Å²) in [6.07, 6.45) is 1.62. The van der Waals surface area contributed by atoms with Gasteiger partial charge >= 0.3 is 0 Å². The number of benzene rings is 1. The molecule has 0 atom stereocenters. The molecule has 1 aromatic carbocycles. The van der Waals surface area contributed by atoms with Crippen molar-refractivity contribution in [1.82, 2.24) is 20.1 Å². The van der Waals surface area contributed by atoms with E-state index < -0.39 is 0 Å². The lowest BCUT2D eigenvalue weighted by Gasteiger charge is -2.20. The SMILES string of the molecule is Cc1ccc(Cn2ncnc2CNC(C)(C)C)cc1. The number of aromatic nitrogens is 3. The Morgan fingerprint density at radius 3 is 2.47 bits per heavy atom. The lowest BCUT2D eigenvalue weighted by Crippen LogP contribution is -2.36. The van der Waals surface area contributed by atoms with Crippen LogP contribution in [0.15, 0.2) is 30.6 Å². The zero-order valence-electron chi connectivity index (χ0n) is 12.1. The van der Waals surface area contributed by atoms with Gasteiger partial charge in [-0.05, 0) is 33.3 Å². The van der Waals surface area contributed by atoms with E-state index in [0.717, 1.165) is 18.9 Å². The second-order valence-electron chi connectivity index (χ2n) is 5.92. The van der Waals surface area contributed by atoms with Crippen molar-refractivity contribution in [3.63, 3.8) is 0 Å². The average Bonchev–Trinajstić information content (AvgIpc) is 2.76. The monoisotopic (exact) mass is 258 g/mol. The van der Waals surface area contributed by atoms with E-state index in [9.17, 15) is 0 Å². The Kier molecular flexibility index (Phi) is 4.00. The van der Waals surface area contributed by atoms with Crippen molar-refractivity contribution in [1.29, 1.82) is 0 Å². The molecule has 0 amide bonds. The quantitative estimate of drug-likeness (QED) is 0.916. The summed E-state index contributed by atoms with van der Waals surface area (Å²) < 4.78 is 1.95. The summed E-state index contributed by atoms with van der Waals surface area (Å²) >= 11 is 0. The molecule has 0 spiro atoms. The molecule has 2 aromatic rings. The Labute approximate surface area is 114 Å². The first kappa shape index (κ1) is 13.7. The molecule has 0 saturated heterocycles. The molecule has 0 bridgehead atoms. The minimum atomic E-state index is 0.0840. The molecule has 2 rings (SSSR count). The third-order valence-corrected chi connectivity index (χ3v) is 2.93. The smallest absolute Gasteiger partial charge is 0.141 e. The second kappa shape index (κ2) is 5.53. The minimum absolute atomic E-state index is 0.0840. The molecule has 0 unspecified atom stereocenters. The molecule has 102 valence electrons. The van der Waals surface area contributed by atoms with E-state index in [0.29, 0.717) is 0 Å². The van der Waals surface area contributed by atoms with E-state index in [1.165, 1.54) is 11.1 Å². The number of nitrogens with zero attached hydrogens (tertiary/aromatic N) is 3. The Balaban J connectivity index is 2.05. The Morgan fingerprint density at radius 2 is 1.84 bits per heavy atom. The van der Waals surface area contributed by atoms with Gasteiger partial charge in [0.25, 0.3) is 0 Å². The fraction of sp³-hybridized carbons (Fsp3) is 0.467. The number of hydrogen-bond acceptors (Lipinski definition) is 3. The molecule has 1 heterocycles. The molecule has 4 nitrogen and oxygen atoms in total. The zero-order valence-corrected chi connectivity index (χ0v) is 12.1. The van der Waals surface area contributed by atoms with E-state index >= 15 is 0 Å². The van der Waals surface area contributed by atoms with Crippen LogP contribution >= 0.6 is 0 Å². The van der Waals surface area contributed by atoms with Crippen LogP contribution in [0.5, 0.6) is 0 Å². The average molecular weight is 258 g/mol. The van der Waals surface area contributed by atoms with Crippen LogP contribution in [0.1, 0.15) is 37.7 Å². The van der Waals surface area contributed by atoms with Crippen LogP contribution in [0.2, 0.25) is 0 Å². The van der Waals surface area contributed by atoms with E-state index in [-0.39, 0.29) is 5.54 Å². The maximum absolute atomic E-state index is 4.32. The molecule has 0 aliphatic heterocycles. The molecule has 0 radical (unpaired) electrons.